The Hall–Kier alpha value is -2.60. The summed E-state index contributed by atoms with van der Waals surface area (Å²) in [6.45, 7) is -0.523. The maximum atomic E-state index is 11.6. The Morgan fingerprint density at radius 3 is 2.74 bits per heavy atom. The van der Waals surface area contributed by atoms with Crippen LogP contribution < -0.4 is 14.8 Å². The summed E-state index contributed by atoms with van der Waals surface area (Å²) in [5.74, 6) is -2.10. The number of ether oxygens (including phenoxy) is 2. The predicted octanol–water partition coefficient (Wildman–Crippen LogP) is 1.32. The van der Waals surface area contributed by atoms with Crippen molar-refractivity contribution in [1.82, 2.24) is 5.32 Å². The zero-order valence-electron chi connectivity index (χ0n) is 13.8. The molecule has 3 N–H and O–H groups in total. The molecule has 12 heteroatoms. The SMILES string of the molecule is COc1cc(C=NN=C2NC(=O)C(CC(=O)O)S2)cc(Br)c1OCC(=O)O. The molecule has 1 aromatic rings. The van der Waals surface area contributed by atoms with Crippen molar-refractivity contribution in [3.05, 3.63) is 22.2 Å². The van der Waals surface area contributed by atoms with Crippen molar-refractivity contribution in [2.45, 2.75) is 11.7 Å². The van der Waals surface area contributed by atoms with Crippen molar-refractivity contribution in [3.8, 4) is 11.5 Å². The third-order valence-corrected chi connectivity index (χ3v) is 4.74. The van der Waals surface area contributed by atoms with E-state index < -0.39 is 29.7 Å². The number of methoxy groups -OCH3 is 1. The largest absolute Gasteiger partial charge is 0.493 e. The average Bonchev–Trinajstić information content (AvgIpc) is 2.92. The van der Waals surface area contributed by atoms with Gasteiger partial charge >= 0.3 is 11.9 Å². The average molecular weight is 460 g/mol. The van der Waals surface area contributed by atoms with Crippen molar-refractivity contribution in [2.75, 3.05) is 13.7 Å². The molecule has 1 aliphatic rings. The molecule has 1 aromatic carbocycles. The van der Waals surface area contributed by atoms with Crippen LogP contribution >= 0.6 is 27.7 Å². The summed E-state index contributed by atoms with van der Waals surface area (Å²) in [4.78, 5) is 33.0. The third-order valence-electron chi connectivity index (χ3n) is 3.08. The van der Waals surface area contributed by atoms with Crippen LogP contribution in [0.4, 0.5) is 0 Å². The van der Waals surface area contributed by atoms with Gasteiger partial charge in [-0.3, -0.25) is 9.59 Å². The second kappa shape index (κ2) is 9.37. The molecule has 0 radical (unpaired) electrons. The quantitative estimate of drug-likeness (QED) is 0.389. The molecule has 10 nitrogen and oxygen atoms in total. The Morgan fingerprint density at radius 2 is 2.11 bits per heavy atom. The number of hydrogen-bond acceptors (Lipinski definition) is 8. The number of hydrogen-bond donors (Lipinski definition) is 3. The van der Waals surface area contributed by atoms with Crippen LogP contribution in [0.5, 0.6) is 11.5 Å². The first kappa shape index (κ1) is 20.7. The van der Waals surface area contributed by atoms with E-state index >= 15 is 0 Å². The van der Waals surface area contributed by atoms with Gasteiger partial charge in [-0.2, -0.15) is 5.10 Å². The summed E-state index contributed by atoms with van der Waals surface area (Å²) in [5, 5.41) is 27.1. The first-order valence-electron chi connectivity index (χ1n) is 7.32. The number of carboxylic acids is 2. The van der Waals surface area contributed by atoms with Crippen LogP contribution in [-0.2, 0) is 14.4 Å². The normalized spacial score (nSPS) is 17.9. The minimum Gasteiger partial charge on any atom is -0.493 e. The first-order chi connectivity index (χ1) is 12.8. The Labute approximate surface area is 165 Å². The van der Waals surface area contributed by atoms with Crippen LogP contribution in [0, 0.1) is 0 Å². The summed E-state index contributed by atoms with van der Waals surface area (Å²) in [6, 6.07) is 3.19. The Bertz CT molecular complexity index is 828. The molecule has 144 valence electrons. The van der Waals surface area contributed by atoms with Crippen LogP contribution in [0.15, 0.2) is 26.8 Å². The minimum absolute atomic E-state index is 0.204. The maximum Gasteiger partial charge on any atom is 0.341 e. The number of aliphatic carboxylic acids is 2. The van der Waals surface area contributed by atoms with Gasteiger partial charge in [0.1, 0.15) is 5.25 Å². The summed E-state index contributed by atoms with van der Waals surface area (Å²) in [5.41, 5.74) is 0.571. The van der Waals surface area contributed by atoms with E-state index in [9.17, 15) is 14.4 Å². The van der Waals surface area contributed by atoms with Gasteiger partial charge < -0.3 is 25.0 Å². The molecule has 1 aliphatic heterocycles. The van der Waals surface area contributed by atoms with E-state index in [1.807, 2.05) is 0 Å². The highest BCUT2D eigenvalue weighted by molar-refractivity contribution is 9.10. The number of thioether (sulfide) groups is 1. The fourth-order valence-corrected chi connectivity index (χ4v) is 3.47. The molecule has 1 saturated heterocycles. The van der Waals surface area contributed by atoms with Gasteiger partial charge in [0.25, 0.3) is 0 Å². The monoisotopic (exact) mass is 459 g/mol. The second-order valence-corrected chi connectivity index (χ2v) is 7.11. The first-order valence-corrected chi connectivity index (χ1v) is 9.00. The number of benzene rings is 1. The predicted molar refractivity (Wildman–Crippen MR) is 101 cm³/mol. The van der Waals surface area contributed by atoms with Gasteiger partial charge in [0.2, 0.25) is 5.91 Å². The van der Waals surface area contributed by atoms with Gasteiger partial charge in [-0.05, 0) is 33.6 Å². The lowest BCUT2D eigenvalue weighted by Crippen LogP contribution is -2.26. The smallest absolute Gasteiger partial charge is 0.341 e. The van der Waals surface area contributed by atoms with Crippen LogP contribution in [0.2, 0.25) is 0 Å². The number of halogens is 1. The summed E-state index contributed by atoms with van der Waals surface area (Å²) in [7, 11) is 1.41. The van der Waals surface area contributed by atoms with Gasteiger partial charge in [0.15, 0.2) is 23.3 Å². The molecule has 1 heterocycles. The molecule has 27 heavy (non-hydrogen) atoms. The number of nitrogens with zero attached hydrogens (tertiary/aromatic N) is 2. The molecule has 0 bridgehead atoms. The van der Waals surface area contributed by atoms with E-state index in [1.165, 1.54) is 13.3 Å². The highest BCUT2D eigenvalue weighted by Gasteiger charge is 2.32. The molecule has 0 spiro atoms. The van der Waals surface area contributed by atoms with Crippen LogP contribution in [0.3, 0.4) is 0 Å². The molecule has 1 unspecified atom stereocenters. The van der Waals surface area contributed by atoms with E-state index in [-0.39, 0.29) is 17.3 Å². The number of carboxylic acid groups (broad SMARTS) is 2. The van der Waals surface area contributed by atoms with Crippen LogP contribution in [0.25, 0.3) is 0 Å². The fraction of sp³-hybridized carbons (Fsp3) is 0.267. The van der Waals surface area contributed by atoms with Crippen molar-refractivity contribution in [2.24, 2.45) is 10.2 Å². The lowest BCUT2D eigenvalue weighted by atomic mass is 10.2. The van der Waals surface area contributed by atoms with Gasteiger partial charge in [-0.25, -0.2) is 4.79 Å². The van der Waals surface area contributed by atoms with Crippen molar-refractivity contribution < 1.29 is 34.1 Å². The highest BCUT2D eigenvalue weighted by atomic mass is 79.9. The molecule has 1 atom stereocenters. The number of amidine groups is 1. The molecule has 2 rings (SSSR count). The summed E-state index contributed by atoms with van der Waals surface area (Å²) >= 11 is 4.26. The summed E-state index contributed by atoms with van der Waals surface area (Å²) in [6.07, 6.45) is 1.08. The van der Waals surface area contributed by atoms with E-state index in [2.05, 4.69) is 31.4 Å². The van der Waals surface area contributed by atoms with E-state index in [1.54, 1.807) is 12.1 Å². The van der Waals surface area contributed by atoms with E-state index in [0.717, 1.165) is 11.8 Å². The Morgan fingerprint density at radius 1 is 1.37 bits per heavy atom. The third kappa shape index (κ3) is 5.96. The minimum atomic E-state index is -1.12. The summed E-state index contributed by atoms with van der Waals surface area (Å²) < 4.78 is 10.8. The van der Waals surface area contributed by atoms with Crippen molar-refractivity contribution in [3.63, 3.8) is 0 Å². The van der Waals surface area contributed by atoms with Crippen LogP contribution in [-0.4, -0.2) is 58.4 Å². The Balaban J connectivity index is 2.11. The van der Waals surface area contributed by atoms with Crippen molar-refractivity contribution >= 4 is 56.9 Å². The van der Waals surface area contributed by atoms with Gasteiger partial charge in [-0.15, -0.1) is 5.10 Å². The number of amides is 1. The lowest BCUT2D eigenvalue weighted by Gasteiger charge is -2.11. The molecule has 1 amide bonds. The topological polar surface area (TPSA) is 147 Å². The molecule has 0 aromatic heterocycles. The van der Waals surface area contributed by atoms with Gasteiger partial charge in [0.05, 0.1) is 24.2 Å². The van der Waals surface area contributed by atoms with E-state index in [0.29, 0.717) is 15.8 Å². The van der Waals surface area contributed by atoms with Crippen LogP contribution in [0.1, 0.15) is 12.0 Å². The van der Waals surface area contributed by atoms with E-state index in [4.69, 9.17) is 19.7 Å². The number of carbonyl (C=O) groups excluding carboxylic acids is 1. The fourth-order valence-electron chi connectivity index (χ4n) is 1.98. The molecule has 0 aliphatic carbocycles. The van der Waals surface area contributed by atoms with Crippen molar-refractivity contribution in [1.29, 1.82) is 0 Å². The zero-order chi connectivity index (χ0) is 20.0. The van der Waals surface area contributed by atoms with Gasteiger partial charge in [0, 0.05) is 0 Å². The zero-order valence-corrected chi connectivity index (χ0v) is 16.2. The number of carbonyl (C=O) groups is 3. The molecular formula is C15H14BrN3O7S. The Kier molecular flexibility index (Phi) is 7.19. The number of nitrogens with one attached hydrogen (secondary N) is 1. The maximum absolute atomic E-state index is 11.6. The second-order valence-electron chi connectivity index (χ2n) is 5.06. The van der Waals surface area contributed by atoms with Gasteiger partial charge in [-0.1, -0.05) is 11.8 Å². The molecule has 1 fully saturated rings. The molecule has 0 saturated carbocycles. The molecular weight excluding hydrogens is 446 g/mol. The lowest BCUT2D eigenvalue weighted by molar-refractivity contribution is -0.139. The highest BCUT2D eigenvalue weighted by Crippen LogP contribution is 2.36. The standard InChI is InChI=1S/C15H14BrN3O7S/c1-25-9-3-7(2-8(16)13(9)26-6-12(22)23)5-17-19-15-18-14(24)10(27-15)4-11(20)21/h2-3,5,10H,4,6H2,1H3,(H,20,21)(H,22,23)(H,18,19,24). The number of rotatable bonds is 8.